The maximum Gasteiger partial charge on any atom is 0.338 e. The maximum atomic E-state index is 12.5. The first-order chi connectivity index (χ1) is 13.3. The van der Waals surface area contributed by atoms with E-state index in [-0.39, 0.29) is 11.5 Å². The maximum absolute atomic E-state index is 12.5. The van der Waals surface area contributed by atoms with E-state index in [1.54, 1.807) is 30.0 Å². The molecule has 0 spiro atoms. The lowest BCUT2D eigenvalue weighted by molar-refractivity contribution is -0.123. The van der Waals surface area contributed by atoms with Gasteiger partial charge in [0, 0.05) is 22.8 Å². The molecule has 2 aromatic rings. The third kappa shape index (κ3) is 4.72. The Balaban J connectivity index is 1.66. The number of benzene rings is 2. The molecule has 3 rings (SSSR count). The Morgan fingerprint density at radius 3 is 2.71 bits per heavy atom. The van der Waals surface area contributed by atoms with Crippen molar-refractivity contribution >= 4 is 40.9 Å². The first kappa shape index (κ1) is 19.9. The number of esters is 1. The van der Waals surface area contributed by atoms with Crippen LogP contribution in [0.4, 0.5) is 11.4 Å². The van der Waals surface area contributed by atoms with E-state index in [9.17, 15) is 14.4 Å². The fourth-order valence-corrected chi connectivity index (χ4v) is 3.75. The molecular weight excluding hydrogens is 376 g/mol. The molecular formula is C21H22N2O4S. The van der Waals surface area contributed by atoms with Gasteiger partial charge in [-0.05, 0) is 50.6 Å². The van der Waals surface area contributed by atoms with Crippen LogP contribution in [0.15, 0.2) is 41.3 Å². The number of hydrogen-bond acceptors (Lipinski definition) is 5. The van der Waals surface area contributed by atoms with Crippen LogP contribution in [0.1, 0.15) is 34.8 Å². The number of ether oxygens (including phenoxy) is 1. The monoisotopic (exact) mass is 398 g/mol. The molecule has 0 fully saturated rings. The summed E-state index contributed by atoms with van der Waals surface area (Å²) >= 11 is 1.56. The number of aryl methyl sites for hydroxylation is 2. The Morgan fingerprint density at radius 1 is 1.18 bits per heavy atom. The fourth-order valence-electron chi connectivity index (χ4n) is 2.82. The topological polar surface area (TPSA) is 84.5 Å². The highest BCUT2D eigenvalue weighted by Crippen LogP contribution is 2.31. The highest BCUT2D eigenvalue weighted by Gasteiger charge is 2.21. The van der Waals surface area contributed by atoms with Crippen molar-refractivity contribution in [2.24, 2.45) is 0 Å². The molecule has 2 amide bonds. The summed E-state index contributed by atoms with van der Waals surface area (Å²) in [7, 11) is 0. The molecule has 2 N–H and O–H groups in total. The van der Waals surface area contributed by atoms with Gasteiger partial charge in [0.15, 0.2) is 6.10 Å². The highest BCUT2D eigenvalue weighted by molar-refractivity contribution is 7.99. The Morgan fingerprint density at radius 2 is 1.96 bits per heavy atom. The minimum Gasteiger partial charge on any atom is -0.449 e. The highest BCUT2D eigenvalue weighted by atomic mass is 32.2. The van der Waals surface area contributed by atoms with E-state index < -0.39 is 18.0 Å². The van der Waals surface area contributed by atoms with Crippen molar-refractivity contribution in [3.8, 4) is 0 Å². The van der Waals surface area contributed by atoms with Crippen LogP contribution in [0.2, 0.25) is 0 Å². The third-order valence-corrected chi connectivity index (χ3v) is 5.44. The third-order valence-electron chi connectivity index (χ3n) is 4.37. The standard InChI is InChI=1S/C21H22N2O4S/c1-12-4-6-16(13(2)10-12)23-20(25)14(3)27-21(26)15-5-7-18-17(11-15)22-19(24)8-9-28-18/h4-7,10-11,14H,8-9H2,1-3H3,(H,22,24)(H,23,25)/t14-/m1/s1. The average Bonchev–Trinajstić information content (AvgIpc) is 2.83. The van der Waals surface area contributed by atoms with E-state index in [1.165, 1.54) is 6.92 Å². The molecule has 1 aliphatic heterocycles. The minimum atomic E-state index is -0.962. The molecule has 0 saturated carbocycles. The van der Waals surface area contributed by atoms with Crippen molar-refractivity contribution in [3.05, 3.63) is 53.1 Å². The number of carbonyl (C=O) groups excluding carboxylic acids is 3. The van der Waals surface area contributed by atoms with Crippen molar-refractivity contribution in [3.63, 3.8) is 0 Å². The predicted octanol–water partition coefficient (Wildman–Crippen LogP) is 3.92. The van der Waals surface area contributed by atoms with Gasteiger partial charge in [0.1, 0.15) is 0 Å². The quantitative estimate of drug-likeness (QED) is 0.763. The SMILES string of the molecule is Cc1ccc(NC(=O)[C@@H](C)OC(=O)c2ccc3c(c2)NC(=O)CCS3)c(C)c1. The molecule has 1 heterocycles. The van der Waals surface area contributed by atoms with E-state index in [1.807, 2.05) is 32.0 Å². The Bertz CT molecular complexity index is 942. The zero-order chi connectivity index (χ0) is 20.3. The summed E-state index contributed by atoms with van der Waals surface area (Å²) in [6, 6.07) is 10.7. The molecule has 28 heavy (non-hydrogen) atoms. The number of thioether (sulfide) groups is 1. The average molecular weight is 398 g/mol. The normalized spacial score (nSPS) is 14.3. The molecule has 0 radical (unpaired) electrons. The Kier molecular flexibility index (Phi) is 6.04. The van der Waals surface area contributed by atoms with Gasteiger partial charge in [-0.3, -0.25) is 9.59 Å². The molecule has 0 aromatic heterocycles. The number of hydrogen-bond donors (Lipinski definition) is 2. The van der Waals surface area contributed by atoms with Gasteiger partial charge in [-0.2, -0.15) is 0 Å². The van der Waals surface area contributed by atoms with E-state index in [4.69, 9.17) is 4.74 Å². The fraction of sp³-hybridized carbons (Fsp3) is 0.286. The van der Waals surface area contributed by atoms with E-state index in [0.717, 1.165) is 16.0 Å². The molecule has 0 saturated heterocycles. The van der Waals surface area contributed by atoms with E-state index in [0.29, 0.717) is 23.5 Å². The number of fused-ring (bicyclic) bond motifs is 1. The first-order valence-electron chi connectivity index (χ1n) is 8.99. The predicted molar refractivity (Wildman–Crippen MR) is 110 cm³/mol. The number of rotatable bonds is 4. The Labute approximate surface area is 168 Å². The summed E-state index contributed by atoms with van der Waals surface area (Å²) in [4.78, 5) is 37.5. The lowest BCUT2D eigenvalue weighted by atomic mass is 10.1. The van der Waals surface area contributed by atoms with Gasteiger partial charge in [-0.25, -0.2) is 4.79 Å². The summed E-state index contributed by atoms with van der Waals surface area (Å²) < 4.78 is 5.31. The first-order valence-corrected chi connectivity index (χ1v) is 9.98. The molecule has 1 atom stereocenters. The van der Waals surface area contributed by atoms with Gasteiger partial charge in [-0.1, -0.05) is 17.7 Å². The van der Waals surface area contributed by atoms with Crippen LogP contribution in [-0.2, 0) is 14.3 Å². The summed E-state index contributed by atoms with van der Waals surface area (Å²) in [5, 5.41) is 5.57. The van der Waals surface area contributed by atoms with Crippen molar-refractivity contribution in [2.75, 3.05) is 16.4 Å². The van der Waals surface area contributed by atoms with Crippen molar-refractivity contribution in [2.45, 2.75) is 38.2 Å². The van der Waals surface area contributed by atoms with Crippen molar-refractivity contribution in [1.82, 2.24) is 0 Å². The molecule has 0 bridgehead atoms. The lowest BCUT2D eigenvalue weighted by Crippen LogP contribution is -2.30. The summed E-state index contributed by atoms with van der Waals surface area (Å²) in [5.74, 6) is -0.412. The second-order valence-electron chi connectivity index (χ2n) is 6.71. The van der Waals surface area contributed by atoms with Crippen LogP contribution in [0.5, 0.6) is 0 Å². The molecule has 6 nitrogen and oxygen atoms in total. The van der Waals surface area contributed by atoms with Gasteiger partial charge in [-0.15, -0.1) is 11.8 Å². The number of nitrogens with one attached hydrogen (secondary N) is 2. The lowest BCUT2D eigenvalue weighted by Gasteiger charge is -2.15. The smallest absolute Gasteiger partial charge is 0.338 e. The van der Waals surface area contributed by atoms with Crippen LogP contribution in [0.3, 0.4) is 0 Å². The summed E-state index contributed by atoms with van der Waals surface area (Å²) in [5.41, 5.74) is 3.60. The zero-order valence-electron chi connectivity index (χ0n) is 16.0. The van der Waals surface area contributed by atoms with Crippen LogP contribution in [0, 0.1) is 13.8 Å². The summed E-state index contributed by atoms with van der Waals surface area (Å²) in [6.45, 7) is 5.41. The second-order valence-corrected chi connectivity index (χ2v) is 7.85. The molecule has 2 aromatic carbocycles. The second kappa shape index (κ2) is 8.48. The molecule has 7 heteroatoms. The number of carbonyl (C=O) groups is 3. The van der Waals surface area contributed by atoms with Gasteiger partial charge in [0.05, 0.1) is 11.3 Å². The van der Waals surface area contributed by atoms with Crippen molar-refractivity contribution in [1.29, 1.82) is 0 Å². The Hall–Kier alpha value is -2.80. The molecule has 0 aliphatic carbocycles. The largest absolute Gasteiger partial charge is 0.449 e. The van der Waals surface area contributed by atoms with Gasteiger partial charge < -0.3 is 15.4 Å². The van der Waals surface area contributed by atoms with Crippen LogP contribution < -0.4 is 10.6 Å². The number of amides is 2. The van der Waals surface area contributed by atoms with Crippen LogP contribution in [0.25, 0.3) is 0 Å². The molecule has 146 valence electrons. The minimum absolute atomic E-state index is 0.0852. The van der Waals surface area contributed by atoms with E-state index in [2.05, 4.69) is 10.6 Å². The zero-order valence-corrected chi connectivity index (χ0v) is 16.8. The van der Waals surface area contributed by atoms with Gasteiger partial charge >= 0.3 is 5.97 Å². The van der Waals surface area contributed by atoms with Gasteiger partial charge in [0.25, 0.3) is 5.91 Å². The van der Waals surface area contributed by atoms with Gasteiger partial charge in [0.2, 0.25) is 5.91 Å². The van der Waals surface area contributed by atoms with Crippen molar-refractivity contribution < 1.29 is 19.1 Å². The summed E-state index contributed by atoms with van der Waals surface area (Å²) in [6.07, 6.45) is -0.537. The van der Waals surface area contributed by atoms with Crippen LogP contribution >= 0.6 is 11.8 Å². The molecule has 0 unspecified atom stereocenters. The van der Waals surface area contributed by atoms with Crippen LogP contribution in [-0.4, -0.2) is 29.6 Å². The molecule has 1 aliphatic rings. The van der Waals surface area contributed by atoms with E-state index >= 15 is 0 Å². The number of anilines is 2.